The third kappa shape index (κ3) is 3.05. The minimum absolute atomic E-state index is 0.190. The Balaban J connectivity index is 1.59. The zero-order valence-corrected chi connectivity index (χ0v) is 13.3. The van der Waals surface area contributed by atoms with Crippen LogP contribution in [0, 0.1) is 12.3 Å². The molecular weight excluding hydrogens is 268 g/mol. The van der Waals surface area contributed by atoms with E-state index in [0.717, 1.165) is 23.2 Å². The van der Waals surface area contributed by atoms with Crippen molar-refractivity contribution in [2.24, 2.45) is 10.4 Å². The molecule has 1 aliphatic carbocycles. The van der Waals surface area contributed by atoms with Gasteiger partial charge in [0.25, 0.3) is 0 Å². The zero-order chi connectivity index (χ0) is 14.0. The standard InChI is InChI=1S/C16H24N2OS/c1-12-6-7-14(19-12)13(2)18-15-17-10-16(11-20-15)8-4-3-5-9-16/h6-7,13H,3-5,8-11H2,1-2H3,(H,17,18). The summed E-state index contributed by atoms with van der Waals surface area (Å²) in [5.74, 6) is 3.18. The van der Waals surface area contributed by atoms with Gasteiger partial charge in [0.2, 0.25) is 0 Å². The van der Waals surface area contributed by atoms with E-state index < -0.39 is 0 Å². The van der Waals surface area contributed by atoms with E-state index in [1.54, 1.807) is 0 Å². The van der Waals surface area contributed by atoms with Crippen molar-refractivity contribution in [2.75, 3.05) is 12.3 Å². The molecule has 110 valence electrons. The maximum atomic E-state index is 5.67. The highest BCUT2D eigenvalue weighted by Gasteiger charge is 2.35. The lowest BCUT2D eigenvalue weighted by atomic mass is 9.75. The molecule has 2 aliphatic rings. The van der Waals surface area contributed by atoms with Crippen molar-refractivity contribution < 1.29 is 4.42 Å². The third-order valence-electron chi connectivity index (χ3n) is 4.52. The van der Waals surface area contributed by atoms with Crippen LogP contribution >= 0.6 is 11.8 Å². The fourth-order valence-corrected chi connectivity index (χ4v) is 4.43. The van der Waals surface area contributed by atoms with Crippen LogP contribution in [-0.4, -0.2) is 17.5 Å². The van der Waals surface area contributed by atoms with Crippen LogP contribution in [0.1, 0.15) is 56.6 Å². The summed E-state index contributed by atoms with van der Waals surface area (Å²) in [5, 5.41) is 4.58. The van der Waals surface area contributed by atoms with Crippen molar-refractivity contribution in [3.63, 3.8) is 0 Å². The molecule has 1 aromatic rings. The van der Waals surface area contributed by atoms with Crippen LogP contribution in [0.5, 0.6) is 0 Å². The molecule has 0 radical (unpaired) electrons. The first-order valence-corrected chi connectivity index (χ1v) is 8.66. The molecule has 1 fully saturated rings. The molecule has 1 saturated carbocycles. The molecule has 0 bridgehead atoms. The van der Waals surface area contributed by atoms with Crippen molar-refractivity contribution in [2.45, 2.75) is 52.0 Å². The van der Waals surface area contributed by atoms with Crippen molar-refractivity contribution in [1.29, 1.82) is 0 Å². The van der Waals surface area contributed by atoms with Gasteiger partial charge in [0.1, 0.15) is 11.5 Å². The minimum Gasteiger partial charge on any atom is -0.464 e. The normalized spacial score (nSPS) is 23.4. The van der Waals surface area contributed by atoms with E-state index in [-0.39, 0.29) is 6.04 Å². The van der Waals surface area contributed by atoms with Gasteiger partial charge in [-0.3, -0.25) is 4.99 Å². The summed E-state index contributed by atoms with van der Waals surface area (Å²) in [6, 6.07) is 4.25. The maximum Gasteiger partial charge on any atom is 0.157 e. The predicted molar refractivity (Wildman–Crippen MR) is 85.3 cm³/mol. The predicted octanol–water partition coefficient (Wildman–Crippen LogP) is 4.29. The highest BCUT2D eigenvalue weighted by atomic mass is 32.2. The summed E-state index contributed by atoms with van der Waals surface area (Å²) in [6.45, 7) is 5.12. The first-order valence-electron chi connectivity index (χ1n) is 7.67. The van der Waals surface area contributed by atoms with Gasteiger partial charge in [0.05, 0.1) is 6.04 Å². The van der Waals surface area contributed by atoms with E-state index in [1.165, 1.54) is 37.9 Å². The number of amidine groups is 1. The van der Waals surface area contributed by atoms with Gasteiger partial charge in [-0.1, -0.05) is 31.0 Å². The molecule has 0 saturated heterocycles. The average molecular weight is 292 g/mol. The van der Waals surface area contributed by atoms with E-state index in [2.05, 4.69) is 12.2 Å². The number of aliphatic imine (C=N–C) groups is 1. The highest BCUT2D eigenvalue weighted by Crippen LogP contribution is 2.41. The Bertz CT molecular complexity index is 488. The number of nitrogens with zero attached hydrogens (tertiary/aromatic N) is 1. The van der Waals surface area contributed by atoms with Crippen LogP contribution in [0.15, 0.2) is 21.5 Å². The van der Waals surface area contributed by atoms with E-state index in [1.807, 2.05) is 30.8 Å². The molecule has 1 aromatic heterocycles. The number of thioether (sulfide) groups is 1. The van der Waals surface area contributed by atoms with E-state index in [9.17, 15) is 0 Å². The second-order valence-corrected chi connectivity index (χ2v) is 7.25. The average Bonchev–Trinajstić information content (AvgIpc) is 2.89. The van der Waals surface area contributed by atoms with Crippen LogP contribution in [0.4, 0.5) is 0 Å². The van der Waals surface area contributed by atoms with Gasteiger partial charge >= 0.3 is 0 Å². The molecule has 1 atom stereocenters. The number of aryl methyl sites for hydroxylation is 1. The smallest absolute Gasteiger partial charge is 0.157 e. The molecule has 3 nitrogen and oxygen atoms in total. The van der Waals surface area contributed by atoms with Crippen LogP contribution in [0.3, 0.4) is 0 Å². The molecule has 4 heteroatoms. The molecule has 3 rings (SSSR count). The topological polar surface area (TPSA) is 37.5 Å². The second kappa shape index (κ2) is 5.84. The van der Waals surface area contributed by atoms with Crippen molar-refractivity contribution in [1.82, 2.24) is 5.32 Å². The fourth-order valence-electron chi connectivity index (χ4n) is 3.19. The molecule has 2 heterocycles. The number of hydrogen-bond donors (Lipinski definition) is 1. The summed E-state index contributed by atoms with van der Waals surface area (Å²) < 4.78 is 5.67. The maximum absolute atomic E-state index is 5.67. The zero-order valence-electron chi connectivity index (χ0n) is 12.4. The Hall–Kier alpha value is -0.900. The van der Waals surface area contributed by atoms with Crippen LogP contribution < -0.4 is 5.32 Å². The molecular formula is C16H24N2OS. The van der Waals surface area contributed by atoms with E-state index >= 15 is 0 Å². The minimum atomic E-state index is 0.190. The summed E-state index contributed by atoms with van der Waals surface area (Å²) in [4.78, 5) is 4.81. The number of furan rings is 1. The van der Waals surface area contributed by atoms with Gasteiger partial charge in [-0.25, -0.2) is 0 Å². The van der Waals surface area contributed by atoms with Gasteiger partial charge in [-0.15, -0.1) is 0 Å². The first-order chi connectivity index (χ1) is 9.67. The molecule has 0 amide bonds. The first kappa shape index (κ1) is 14.1. The summed E-state index contributed by atoms with van der Waals surface area (Å²) in [6.07, 6.45) is 6.92. The van der Waals surface area contributed by atoms with E-state index in [0.29, 0.717) is 5.41 Å². The van der Waals surface area contributed by atoms with Crippen molar-refractivity contribution in [3.05, 3.63) is 23.7 Å². The van der Waals surface area contributed by atoms with Gasteiger partial charge < -0.3 is 9.73 Å². The molecule has 1 spiro atoms. The monoisotopic (exact) mass is 292 g/mol. The second-order valence-electron chi connectivity index (χ2n) is 6.29. The summed E-state index contributed by atoms with van der Waals surface area (Å²) in [7, 11) is 0. The summed E-state index contributed by atoms with van der Waals surface area (Å²) in [5.41, 5.74) is 0.499. The molecule has 1 N–H and O–H groups in total. The molecule has 20 heavy (non-hydrogen) atoms. The van der Waals surface area contributed by atoms with Crippen LogP contribution in [0.2, 0.25) is 0 Å². The Morgan fingerprint density at radius 2 is 2.10 bits per heavy atom. The lowest BCUT2D eigenvalue weighted by Crippen LogP contribution is -2.37. The van der Waals surface area contributed by atoms with Crippen molar-refractivity contribution in [3.8, 4) is 0 Å². The number of rotatable bonds is 2. The Kier molecular flexibility index (Phi) is 4.11. The molecule has 1 unspecified atom stereocenters. The quantitative estimate of drug-likeness (QED) is 0.883. The van der Waals surface area contributed by atoms with Crippen LogP contribution in [-0.2, 0) is 0 Å². The van der Waals surface area contributed by atoms with Gasteiger partial charge in [-0.2, -0.15) is 0 Å². The Morgan fingerprint density at radius 1 is 1.30 bits per heavy atom. The lowest BCUT2D eigenvalue weighted by Gasteiger charge is -2.38. The number of hydrogen-bond acceptors (Lipinski definition) is 4. The SMILES string of the molecule is Cc1ccc(C(C)NC2=NCC3(CCCCC3)CS2)o1. The van der Waals surface area contributed by atoms with Gasteiger partial charge in [0.15, 0.2) is 5.17 Å². The van der Waals surface area contributed by atoms with Gasteiger partial charge in [-0.05, 0) is 44.2 Å². The highest BCUT2D eigenvalue weighted by molar-refractivity contribution is 8.13. The van der Waals surface area contributed by atoms with E-state index in [4.69, 9.17) is 9.41 Å². The molecule has 1 aliphatic heterocycles. The van der Waals surface area contributed by atoms with Gasteiger partial charge in [0, 0.05) is 12.3 Å². The largest absolute Gasteiger partial charge is 0.464 e. The summed E-state index contributed by atoms with van der Waals surface area (Å²) >= 11 is 1.90. The Morgan fingerprint density at radius 3 is 2.70 bits per heavy atom. The van der Waals surface area contributed by atoms with Crippen LogP contribution in [0.25, 0.3) is 0 Å². The lowest BCUT2D eigenvalue weighted by molar-refractivity contribution is 0.232. The Labute approximate surface area is 125 Å². The number of nitrogens with one attached hydrogen (secondary N) is 1. The molecule has 0 aromatic carbocycles. The fraction of sp³-hybridized carbons (Fsp3) is 0.688. The van der Waals surface area contributed by atoms with Crippen molar-refractivity contribution >= 4 is 16.9 Å². The third-order valence-corrected chi connectivity index (χ3v) is 5.79.